The average Bonchev–Trinajstić information content (AvgIpc) is 2.62. The second-order valence-electron chi connectivity index (χ2n) is 7.19. The van der Waals surface area contributed by atoms with E-state index in [9.17, 15) is 4.79 Å². The fourth-order valence-corrected chi connectivity index (χ4v) is 3.89. The molecule has 0 fully saturated rings. The van der Waals surface area contributed by atoms with Crippen LogP contribution in [0.2, 0.25) is 0 Å². The monoisotopic (exact) mass is 372 g/mol. The van der Waals surface area contributed by atoms with Crippen LogP contribution in [0.25, 0.3) is 0 Å². The van der Waals surface area contributed by atoms with Crippen molar-refractivity contribution in [2.24, 2.45) is 0 Å². The molecule has 0 bridgehead atoms. The Labute approximate surface area is 162 Å². The molecule has 1 unspecified atom stereocenters. The van der Waals surface area contributed by atoms with E-state index < -0.39 is 0 Å². The fraction of sp³-hybridized carbons (Fsp3) is 0.955. The summed E-state index contributed by atoms with van der Waals surface area (Å²) >= 11 is 1.52. The van der Waals surface area contributed by atoms with Gasteiger partial charge in [-0.25, -0.2) is 0 Å². The van der Waals surface area contributed by atoms with Crippen LogP contribution < -0.4 is 0 Å². The van der Waals surface area contributed by atoms with Crippen LogP contribution in [-0.2, 0) is 9.53 Å². The highest BCUT2D eigenvalue weighted by atomic mass is 32.2. The molecule has 0 saturated heterocycles. The highest BCUT2D eigenvalue weighted by Crippen LogP contribution is 2.16. The SMILES string of the molecule is CCCCCCCCCCCCCCCCCC(=O)C(OCC)SC. The lowest BCUT2D eigenvalue weighted by Crippen LogP contribution is -2.20. The van der Waals surface area contributed by atoms with E-state index in [1.807, 2.05) is 13.2 Å². The second-order valence-corrected chi connectivity index (χ2v) is 8.09. The topological polar surface area (TPSA) is 26.3 Å². The minimum atomic E-state index is -0.239. The zero-order valence-corrected chi connectivity index (χ0v) is 18.1. The number of hydrogen-bond donors (Lipinski definition) is 0. The quantitative estimate of drug-likeness (QED) is 0.163. The predicted molar refractivity (Wildman–Crippen MR) is 113 cm³/mol. The second kappa shape index (κ2) is 20.3. The van der Waals surface area contributed by atoms with Gasteiger partial charge in [0.05, 0.1) is 0 Å². The number of unbranched alkanes of at least 4 members (excludes halogenated alkanes) is 14. The number of Topliss-reactive ketones (excluding diaryl/α,β-unsaturated/α-hetero) is 1. The van der Waals surface area contributed by atoms with Gasteiger partial charge >= 0.3 is 0 Å². The third-order valence-corrected chi connectivity index (χ3v) is 5.65. The summed E-state index contributed by atoms with van der Waals surface area (Å²) in [5.74, 6) is 0.268. The molecule has 0 rings (SSSR count). The van der Waals surface area contributed by atoms with Gasteiger partial charge in [-0.3, -0.25) is 4.79 Å². The molecule has 0 aromatic heterocycles. The van der Waals surface area contributed by atoms with E-state index in [4.69, 9.17) is 4.74 Å². The van der Waals surface area contributed by atoms with E-state index in [1.54, 1.807) is 0 Å². The van der Waals surface area contributed by atoms with Crippen LogP contribution in [0, 0.1) is 0 Å². The first kappa shape index (κ1) is 25.0. The van der Waals surface area contributed by atoms with E-state index in [1.165, 1.54) is 102 Å². The zero-order valence-electron chi connectivity index (χ0n) is 17.3. The van der Waals surface area contributed by atoms with Crippen LogP contribution in [-0.4, -0.2) is 24.1 Å². The van der Waals surface area contributed by atoms with Crippen LogP contribution in [0.4, 0.5) is 0 Å². The van der Waals surface area contributed by atoms with Gasteiger partial charge in [-0.2, -0.15) is 0 Å². The highest BCUT2D eigenvalue weighted by molar-refractivity contribution is 7.99. The highest BCUT2D eigenvalue weighted by Gasteiger charge is 2.15. The van der Waals surface area contributed by atoms with Crippen LogP contribution in [0.5, 0.6) is 0 Å². The summed E-state index contributed by atoms with van der Waals surface area (Å²) in [6, 6.07) is 0. The molecule has 3 heteroatoms. The lowest BCUT2D eigenvalue weighted by Gasteiger charge is -2.12. The number of ketones is 1. The number of rotatable bonds is 20. The largest absolute Gasteiger partial charge is 0.360 e. The summed E-state index contributed by atoms with van der Waals surface area (Å²) in [6.07, 6.45) is 23.0. The molecule has 0 aromatic carbocycles. The van der Waals surface area contributed by atoms with Gasteiger partial charge in [-0.1, -0.05) is 96.8 Å². The van der Waals surface area contributed by atoms with Crippen molar-refractivity contribution in [3.8, 4) is 0 Å². The molecule has 25 heavy (non-hydrogen) atoms. The van der Waals surface area contributed by atoms with Crippen LogP contribution in [0.1, 0.15) is 117 Å². The van der Waals surface area contributed by atoms with E-state index in [-0.39, 0.29) is 11.2 Å². The van der Waals surface area contributed by atoms with Gasteiger partial charge in [0.1, 0.15) is 0 Å². The lowest BCUT2D eigenvalue weighted by atomic mass is 10.0. The Kier molecular flexibility index (Phi) is 20.3. The molecule has 0 heterocycles. The number of thioether (sulfide) groups is 1. The number of carbonyl (C=O) groups is 1. The molecule has 0 radical (unpaired) electrons. The molecule has 0 aromatic rings. The molecule has 0 aliphatic carbocycles. The van der Waals surface area contributed by atoms with Crippen molar-refractivity contribution in [2.45, 2.75) is 122 Å². The van der Waals surface area contributed by atoms with Crippen LogP contribution >= 0.6 is 11.8 Å². The van der Waals surface area contributed by atoms with Gasteiger partial charge in [0.2, 0.25) is 0 Å². The minimum absolute atomic E-state index is 0.239. The summed E-state index contributed by atoms with van der Waals surface area (Å²) in [5, 5.41) is 0. The van der Waals surface area contributed by atoms with Gasteiger partial charge in [-0.15, -0.1) is 11.8 Å². The Morgan fingerprint density at radius 1 is 0.720 bits per heavy atom. The molecule has 0 aliphatic rings. The molecule has 0 aliphatic heterocycles. The first-order valence-electron chi connectivity index (χ1n) is 10.9. The van der Waals surface area contributed by atoms with Crippen molar-refractivity contribution >= 4 is 17.5 Å². The standard InChI is InChI=1S/C22H44O2S/c1-4-6-7-8-9-10-11-12-13-14-15-16-17-18-19-20-21(23)22(25-3)24-5-2/h22H,4-20H2,1-3H3. The van der Waals surface area contributed by atoms with Crippen molar-refractivity contribution in [1.82, 2.24) is 0 Å². The molecule has 0 N–H and O–H groups in total. The molecule has 2 nitrogen and oxygen atoms in total. The van der Waals surface area contributed by atoms with Gasteiger partial charge in [0, 0.05) is 13.0 Å². The van der Waals surface area contributed by atoms with Gasteiger partial charge < -0.3 is 4.74 Å². The molecule has 0 amide bonds. The van der Waals surface area contributed by atoms with Crippen LogP contribution in [0.3, 0.4) is 0 Å². The molecule has 0 saturated carbocycles. The Morgan fingerprint density at radius 2 is 1.12 bits per heavy atom. The molecule has 1 atom stereocenters. The molecule has 150 valence electrons. The smallest absolute Gasteiger partial charge is 0.171 e. The number of ether oxygens (including phenoxy) is 1. The van der Waals surface area contributed by atoms with E-state index in [2.05, 4.69) is 6.92 Å². The van der Waals surface area contributed by atoms with Crippen molar-refractivity contribution in [1.29, 1.82) is 0 Å². The number of hydrogen-bond acceptors (Lipinski definition) is 3. The Morgan fingerprint density at radius 3 is 1.48 bits per heavy atom. The maximum atomic E-state index is 12.0. The van der Waals surface area contributed by atoms with E-state index >= 15 is 0 Å². The first-order chi connectivity index (χ1) is 12.3. The normalized spacial score (nSPS) is 12.4. The van der Waals surface area contributed by atoms with Gasteiger partial charge in [0.15, 0.2) is 11.2 Å². The maximum absolute atomic E-state index is 12.0. The summed E-state index contributed by atoms with van der Waals surface area (Å²) in [5.41, 5.74) is -0.239. The zero-order chi connectivity index (χ0) is 18.6. The fourth-order valence-electron chi connectivity index (χ4n) is 3.23. The van der Waals surface area contributed by atoms with Crippen molar-refractivity contribution in [3.05, 3.63) is 0 Å². The maximum Gasteiger partial charge on any atom is 0.171 e. The van der Waals surface area contributed by atoms with E-state index in [0.717, 1.165) is 6.42 Å². The minimum Gasteiger partial charge on any atom is -0.360 e. The van der Waals surface area contributed by atoms with Crippen molar-refractivity contribution in [2.75, 3.05) is 12.9 Å². The summed E-state index contributed by atoms with van der Waals surface area (Å²) in [6.45, 7) is 4.85. The summed E-state index contributed by atoms with van der Waals surface area (Å²) in [7, 11) is 0. The summed E-state index contributed by atoms with van der Waals surface area (Å²) < 4.78 is 5.44. The summed E-state index contributed by atoms with van der Waals surface area (Å²) in [4.78, 5) is 12.0. The molecular weight excluding hydrogens is 328 g/mol. The molecule has 0 spiro atoms. The average molecular weight is 373 g/mol. The Hall–Kier alpha value is -0.0200. The first-order valence-corrected chi connectivity index (χ1v) is 12.2. The lowest BCUT2D eigenvalue weighted by molar-refractivity contribution is -0.125. The van der Waals surface area contributed by atoms with Gasteiger partial charge in [-0.05, 0) is 19.6 Å². The Balaban J connectivity index is 3.22. The van der Waals surface area contributed by atoms with Crippen molar-refractivity contribution in [3.63, 3.8) is 0 Å². The van der Waals surface area contributed by atoms with Crippen molar-refractivity contribution < 1.29 is 9.53 Å². The van der Waals surface area contributed by atoms with Gasteiger partial charge in [0.25, 0.3) is 0 Å². The Bertz CT molecular complexity index is 281. The number of carbonyl (C=O) groups excluding carboxylic acids is 1. The van der Waals surface area contributed by atoms with Crippen LogP contribution in [0.15, 0.2) is 0 Å². The van der Waals surface area contributed by atoms with E-state index in [0.29, 0.717) is 13.0 Å². The third kappa shape index (κ3) is 17.2. The third-order valence-electron chi connectivity index (χ3n) is 4.82. The molecular formula is C22H44O2S. The predicted octanol–water partition coefficient (Wildman–Crippen LogP) is 7.54.